The molecule has 0 saturated heterocycles. The SMILES string of the molecule is CC1(C)[NH2+]C=CN1CC(=O)c1ccc(Br)cc1.[Br-]. The number of nitrogens with zero attached hydrogens (tertiary/aromatic N) is 1. The van der Waals surface area contributed by atoms with Gasteiger partial charge in [0.15, 0.2) is 11.4 Å². The summed E-state index contributed by atoms with van der Waals surface area (Å²) in [6.07, 6.45) is 3.96. The highest BCUT2D eigenvalue weighted by Crippen LogP contribution is 2.14. The first kappa shape index (κ1) is 15.4. The molecule has 0 aromatic heterocycles. The molecule has 0 fully saturated rings. The average molecular weight is 376 g/mol. The van der Waals surface area contributed by atoms with Gasteiger partial charge in [-0.25, -0.2) is 0 Å². The topological polar surface area (TPSA) is 36.9 Å². The Balaban J connectivity index is 0.00000162. The molecule has 1 heterocycles. The Morgan fingerprint density at radius 3 is 2.44 bits per heavy atom. The largest absolute Gasteiger partial charge is 1.00 e. The van der Waals surface area contributed by atoms with E-state index < -0.39 is 0 Å². The minimum Gasteiger partial charge on any atom is -1.00 e. The van der Waals surface area contributed by atoms with Crippen LogP contribution in [0.2, 0.25) is 0 Å². The highest BCUT2D eigenvalue weighted by molar-refractivity contribution is 9.10. The molecular formula is C13H16Br2N2O. The lowest BCUT2D eigenvalue weighted by atomic mass is 10.1. The van der Waals surface area contributed by atoms with Crippen molar-refractivity contribution in [3.8, 4) is 0 Å². The maximum atomic E-state index is 12.1. The second-order valence-corrected chi connectivity index (χ2v) is 5.64. The van der Waals surface area contributed by atoms with Gasteiger partial charge >= 0.3 is 0 Å². The van der Waals surface area contributed by atoms with Crippen molar-refractivity contribution in [1.29, 1.82) is 0 Å². The third-order valence-electron chi connectivity index (χ3n) is 2.99. The third-order valence-corrected chi connectivity index (χ3v) is 3.52. The molecule has 2 rings (SSSR count). The van der Waals surface area contributed by atoms with E-state index in [4.69, 9.17) is 0 Å². The van der Waals surface area contributed by atoms with E-state index in [9.17, 15) is 4.79 Å². The van der Waals surface area contributed by atoms with Crippen LogP contribution in [-0.2, 0) is 0 Å². The summed E-state index contributed by atoms with van der Waals surface area (Å²) in [5.41, 5.74) is 0.690. The van der Waals surface area contributed by atoms with Crippen LogP contribution in [0.4, 0.5) is 0 Å². The smallest absolute Gasteiger partial charge is 0.182 e. The van der Waals surface area contributed by atoms with Gasteiger partial charge in [0, 0.05) is 23.9 Å². The Kier molecular flexibility index (Phi) is 5.13. The van der Waals surface area contributed by atoms with Gasteiger partial charge in [0.1, 0.15) is 6.20 Å². The molecule has 0 aliphatic carbocycles. The third kappa shape index (κ3) is 3.43. The van der Waals surface area contributed by atoms with E-state index in [2.05, 4.69) is 40.0 Å². The first-order valence-electron chi connectivity index (χ1n) is 5.57. The van der Waals surface area contributed by atoms with Crippen molar-refractivity contribution in [1.82, 2.24) is 4.90 Å². The number of benzene rings is 1. The molecule has 0 atom stereocenters. The van der Waals surface area contributed by atoms with Crippen LogP contribution in [0.1, 0.15) is 24.2 Å². The molecule has 3 nitrogen and oxygen atoms in total. The summed E-state index contributed by atoms with van der Waals surface area (Å²) in [5, 5.41) is 2.10. The minimum absolute atomic E-state index is 0. The molecule has 18 heavy (non-hydrogen) atoms. The maximum Gasteiger partial charge on any atom is 0.182 e. The fourth-order valence-electron chi connectivity index (χ4n) is 1.81. The van der Waals surface area contributed by atoms with Gasteiger partial charge in [0.2, 0.25) is 0 Å². The van der Waals surface area contributed by atoms with Gasteiger partial charge in [-0.3, -0.25) is 10.1 Å². The Morgan fingerprint density at radius 1 is 1.33 bits per heavy atom. The summed E-state index contributed by atoms with van der Waals surface area (Å²) in [6, 6.07) is 7.49. The predicted molar refractivity (Wildman–Crippen MR) is 70.3 cm³/mol. The van der Waals surface area contributed by atoms with E-state index >= 15 is 0 Å². The summed E-state index contributed by atoms with van der Waals surface area (Å²) < 4.78 is 0.990. The molecular weight excluding hydrogens is 360 g/mol. The fourth-order valence-corrected chi connectivity index (χ4v) is 2.07. The zero-order chi connectivity index (χ0) is 12.5. The van der Waals surface area contributed by atoms with Crippen LogP contribution in [-0.4, -0.2) is 22.9 Å². The second kappa shape index (κ2) is 5.99. The van der Waals surface area contributed by atoms with Crippen molar-refractivity contribution in [3.63, 3.8) is 0 Å². The van der Waals surface area contributed by atoms with Crippen molar-refractivity contribution < 1.29 is 27.1 Å². The maximum absolute atomic E-state index is 12.1. The van der Waals surface area contributed by atoms with Crippen LogP contribution >= 0.6 is 15.9 Å². The molecule has 1 aromatic carbocycles. The van der Waals surface area contributed by atoms with Gasteiger partial charge in [-0.2, -0.15) is 0 Å². The lowest BCUT2D eigenvalue weighted by Gasteiger charge is -2.28. The molecule has 0 bridgehead atoms. The molecule has 1 aromatic rings. The number of ketones is 1. The zero-order valence-corrected chi connectivity index (χ0v) is 13.5. The molecule has 1 aliphatic heterocycles. The van der Waals surface area contributed by atoms with E-state index in [-0.39, 0.29) is 28.4 Å². The predicted octanol–water partition coefficient (Wildman–Crippen LogP) is -1.28. The number of carbonyl (C=O) groups is 1. The van der Waals surface area contributed by atoms with Gasteiger partial charge in [-0.1, -0.05) is 28.1 Å². The fraction of sp³-hybridized carbons (Fsp3) is 0.308. The number of hydrogen-bond acceptors (Lipinski definition) is 2. The molecule has 0 saturated carbocycles. The summed E-state index contributed by atoms with van der Waals surface area (Å²) in [5.74, 6) is 0.144. The highest BCUT2D eigenvalue weighted by Gasteiger charge is 2.32. The minimum atomic E-state index is -0.0645. The van der Waals surface area contributed by atoms with E-state index in [0.717, 1.165) is 10.0 Å². The van der Waals surface area contributed by atoms with E-state index in [1.807, 2.05) is 36.7 Å². The molecule has 0 amide bonds. The van der Waals surface area contributed by atoms with E-state index in [1.165, 1.54) is 0 Å². The van der Waals surface area contributed by atoms with Crippen LogP contribution in [0.3, 0.4) is 0 Å². The van der Waals surface area contributed by atoms with Gasteiger partial charge in [-0.05, 0) is 12.1 Å². The highest BCUT2D eigenvalue weighted by atomic mass is 79.9. The van der Waals surface area contributed by atoms with Gasteiger partial charge in [0.25, 0.3) is 0 Å². The van der Waals surface area contributed by atoms with Crippen LogP contribution in [0.15, 0.2) is 41.1 Å². The number of rotatable bonds is 3. The van der Waals surface area contributed by atoms with Crippen molar-refractivity contribution >= 4 is 21.7 Å². The molecule has 0 radical (unpaired) electrons. The van der Waals surface area contributed by atoms with Gasteiger partial charge in [-0.15, -0.1) is 0 Å². The number of quaternary nitrogens is 1. The van der Waals surface area contributed by atoms with Crippen LogP contribution < -0.4 is 22.3 Å². The van der Waals surface area contributed by atoms with Crippen LogP contribution in [0.5, 0.6) is 0 Å². The van der Waals surface area contributed by atoms with Gasteiger partial charge < -0.3 is 21.9 Å². The summed E-state index contributed by atoms with van der Waals surface area (Å²) in [7, 11) is 0. The summed E-state index contributed by atoms with van der Waals surface area (Å²) in [4.78, 5) is 14.1. The molecule has 5 heteroatoms. The summed E-state index contributed by atoms with van der Waals surface area (Å²) in [6.45, 7) is 4.62. The first-order chi connectivity index (χ1) is 7.99. The van der Waals surface area contributed by atoms with Gasteiger partial charge in [0.05, 0.1) is 12.7 Å². The monoisotopic (exact) mass is 374 g/mol. The number of Topliss-reactive ketones (excluding diaryl/α,β-unsaturated/α-hetero) is 1. The normalized spacial score (nSPS) is 16.5. The van der Waals surface area contributed by atoms with Crippen molar-refractivity contribution in [2.75, 3.05) is 6.54 Å². The van der Waals surface area contributed by atoms with Crippen molar-refractivity contribution in [2.45, 2.75) is 19.5 Å². The molecule has 1 aliphatic rings. The van der Waals surface area contributed by atoms with E-state index in [0.29, 0.717) is 6.54 Å². The van der Waals surface area contributed by atoms with Crippen molar-refractivity contribution in [3.05, 3.63) is 46.7 Å². The Hall–Kier alpha value is -0.650. The molecule has 98 valence electrons. The number of carbonyl (C=O) groups excluding carboxylic acids is 1. The standard InChI is InChI=1S/C13H15BrN2O.BrH/c1-13(2)15-7-8-16(13)9-12(17)10-3-5-11(14)6-4-10;/h3-8,15H,9H2,1-2H3;1H. The lowest BCUT2D eigenvalue weighted by Crippen LogP contribution is -3.00. The zero-order valence-electron chi connectivity index (χ0n) is 10.4. The molecule has 0 unspecified atom stereocenters. The van der Waals surface area contributed by atoms with Crippen LogP contribution in [0.25, 0.3) is 0 Å². The average Bonchev–Trinajstić information content (AvgIpc) is 2.59. The summed E-state index contributed by atoms with van der Waals surface area (Å²) >= 11 is 3.36. The van der Waals surface area contributed by atoms with Crippen LogP contribution in [0, 0.1) is 0 Å². The van der Waals surface area contributed by atoms with E-state index in [1.54, 1.807) is 0 Å². The van der Waals surface area contributed by atoms with Crippen molar-refractivity contribution in [2.24, 2.45) is 0 Å². The Labute approximate surface area is 126 Å². The molecule has 0 spiro atoms. The molecule has 2 N–H and O–H groups in total. The number of halogens is 2. The number of hydrogen-bond donors (Lipinski definition) is 1. The number of nitrogens with two attached hydrogens (primary N) is 1. The Bertz CT molecular complexity index is 455. The lowest BCUT2D eigenvalue weighted by molar-refractivity contribution is -0.670. The second-order valence-electron chi connectivity index (χ2n) is 4.72. The quantitative estimate of drug-likeness (QED) is 0.668. The Morgan fingerprint density at radius 2 is 1.94 bits per heavy atom. The first-order valence-corrected chi connectivity index (χ1v) is 6.36.